The first-order valence-electron chi connectivity index (χ1n) is 16.6. The fourth-order valence-electron chi connectivity index (χ4n) is 5.80. The Bertz CT molecular complexity index is 1830. The number of carbonyl (C=O) groups excluding carboxylic acids is 1. The summed E-state index contributed by atoms with van der Waals surface area (Å²) in [5.41, 5.74) is 0.423. The Labute approximate surface area is 293 Å². The minimum atomic E-state index is -0.877. The Balaban J connectivity index is 1.39. The van der Waals surface area contributed by atoms with Crippen molar-refractivity contribution in [2.24, 2.45) is 10.4 Å². The number of amides is 1. The second-order valence-corrected chi connectivity index (χ2v) is 12.0. The smallest absolute Gasteiger partial charge is 0.321 e. The number of hydrogen-bond donors (Lipinski definition) is 0. The van der Waals surface area contributed by atoms with Crippen molar-refractivity contribution in [1.29, 1.82) is 0 Å². The van der Waals surface area contributed by atoms with E-state index in [1.54, 1.807) is 25.3 Å². The first kappa shape index (κ1) is 36.3. The van der Waals surface area contributed by atoms with Crippen molar-refractivity contribution in [3.63, 3.8) is 0 Å². The highest BCUT2D eigenvalue weighted by Crippen LogP contribution is 2.42. The van der Waals surface area contributed by atoms with Gasteiger partial charge in [-0.15, -0.1) is 5.01 Å². The van der Waals surface area contributed by atoms with Gasteiger partial charge in [0, 0.05) is 25.0 Å². The van der Waals surface area contributed by atoms with Crippen LogP contribution in [0.5, 0.6) is 28.7 Å². The Hall–Kier alpha value is -6.00. The molecule has 17 heteroatoms. The van der Waals surface area contributed by atoms with Crippen molar-refractivity contribution in [3.8, 4) is 28.7 Å². The predicted octanol–water partition coefficient (Wildman–Crippen LogP) is 7.23. The molecule has 1 amide bonds. The summed E-state index contributed by atoms with van der Waals surface area (Å²) >= 11 is 0. The van der Waals surface area contributed by atoms with Crippen molar-refractivity contribution >= 4 is 23.0 Å². The molecule has 2 aliphatic heterocycles. The van der Waals surface area contributed by atoms with Gasteiger partial charge in [-0.1, -0.05) is 38.0 Å². The van der Waals surface area contributed by atoms with Crippen LogP contribution >= 0.6 is 0 Å². The Morgan fingerprint density at radius 3 is 2.35 bits per heavy atom. The summed E-state index contributed by atoms with van der Waals surface area (Å²) in [6.45, 7) is 4.97. The average Bonchev–Trinajstić information content (AvgIpc) is 3.59. The quantitative estimate of drug-likeness (QED) is 0.0508. The number of unbranched alkanes of at least 4 members (excludes halogenated alkanes) is 2. The van der Waals surface area contributed by atoms with Crippen LogP contribution in [0.1, 0.15) is 76.0 Å². The number of carbonyl (C=O) groups is 1. The highest BCUT2D eigenvalue weighted by molar-refractivity contribution is 6.03. The third-order valence-electron chi connectivity index (χ3n) is 8.42. The number of hydrazone groups is 1. The van der Waals surface area contributed by atoms with Crippen molar-refractivity contribution in [3.05, 3.63) is 91.2 Å². The molecule has 0 N–H and O–H groups in total. The molecule has 1 saturated heterocycles. The highest BCUT2D eigenvalue weighted by atomic mass is 16.7. The van der Waals surface area contributed by atoms with E-state index in [4.69, 9.17) is 19.0 Å². The molecule has 2 heterocycles. The SMILES string of the molecule is CCCCCOc1ccc(C2CC(c3cccc(Oc4cc(O/N=[N+](\[O-])N5CCCCC5)c([N+](=O)[O-])cc4[N+](=O)[O-])c3)=NN2C(C)=O)cc1OC. The molecule has 3 aromatic carbocycles. The highest BCUT2D eigenvalue weighted by Gasteiger charge is 2.33. The monoisotopic (exact) mass is 705 g/mol. The normalized spacial score (nSPS) is 16.0. The topological polar surface area (TPSA) is 198 Å². The predicted molar refractivity (Wildman–Crippen MR) is 183 cm³/mol. The van der Waals surface area contributed by atoms with E-state index in [-0.39, 0.29) is 22.4 Å². The number of methoxy groups -OCH3 is 1. The largest absolute Gasteiger partial charge is 0.569 e. The van der Waals surface area contributed by atoms with Crippen molar-refractivity contribution in [1.82, 2.24) is 10.0 Å². The lowest BCUT2D eigenvalue weighted by atomic mass is 9.98. The van der Waals surface area contributed by atoms with E-state index < -0.39 is 33.0 Å². The van der Waals surface area contributed by atoms with Gasteiger partial charge in [-0.2, -0.15) is 5.10 Å². The number of nitro groups is 2. The van der Waals surface area contributed by atoms with Gasteiger partial charge in [0.05, 0.1) is 53.4 Å². The maximum atomic E-state index is 12.7. The fourth-order valence-corrected chi connectivity index (χ4v) is 5.80. The van der Waals surface area contributed by atoms with E-state index in [9.17, 15) is 30.2 Å². The van der Waals surface area contributed by atoms with Crippen LogP contribution in [0.4, 0.5) is 11.4 Å². The Kier molecular flexibility index (Phi) is 11.8. The zero-order valence-corrected chi connectivity index (χ0v) is 28.6. The van der Waals surface area contributed by atoms with Crippen LogP contribution in [0.25, 0.3) is 0 Å². The molecule has 0 aromatic heterocycles. The molecule has 270 valence electrons. The third-order valence-corrected chi connectivity index (χ3v) is 8.42. The van der Waals surface area contributed by atoms with E-state index >= 15 is 0 Å². The number of benzene rings is 3. The lowest BCUT2D eigenvalue weighted by molar-refractivity contribution is -0.708. The van der Waals surface area contributed by atoms with Gasteiger partial charge in [0.25, 0.3) is 0 Å². The number of hydrogen-bond acceptors (Lipinski definition) is 12. The summed E-state index contributed by atoms with van der Waals surface area (Å²) in [6, 6.07) is 13.2. The standard InChI is InChI=1S/C34H39N7O10/c1-4-5-9-17-49-31-14-13-25(19-34(31)48-3)28-20-27(35-38(28)23(2)42)24-11-10-12-26(18-24)50-32-22-33(30(40(45)46)21-29(32)39(43)44)51-36-41(47)37-15-7-6-8-16-37/h10-14,18-19,21-22,28H,4-9,15-17,20H2,1-3H3/b41-36-. The number of ether oxygens (including phenoxy) is 3. The second kappa shape index (κ2) is 16.6. The summed E-state index contributed by atoms with van der Waals surface area (Å²) in [5, 5.41) is 47.0. The zero-order chi connectivity index (χ0) is 36.5. The molecule has 5 rings (SSSR count). The van der Waals surface area contributed by atoms with Crippen LogP contribution in [-0.2, 0) is 4.79 Å². The summed E-state index contributed by atoms with van der Waals surface area (Å²) in [4.78, 5) is 40.1. The van der Waals surface area contributed by atoms with Gasteiger partial charge in [-0.05, 0) is 55.5 Å². The van der Waals surface area contributed by atoms with Crippen LogP contribution < -0.4 is 19.0 Å². The van der Waals surface area contributed by atoms with Crippen LogP contribution in [0.2, 0.25) is 0 Å². The van der Waals surface area contributed by atoms with Gasteiger partial charge in [-0.3, -0.25) is 29.9 Å². The van der Waals surface area contributed by atoms with Crippen LogP contribution in [0.15, 0.2) is 65.0 Å². The third kappa shape index (κ3) is 8.78. The number of piperidine rings is 1. The maximum absolute atomic E-state index is 12.7. The van der Waals surface area contributed by atoms with Crippen molar-refractivity contribution in [2.75, 3.05) is 26.8 Å². The van der Waals surface area contributed by atoms with Crippen molar-refractivity contribution < 1.29 is 38.7 Å². The molecule has 2 aliphatic rings. The van der Waals surface area contributed by atoms with Gasteiger partial charge in [0.15, 0.2) is 11.5 Å². The van der Waals surface area contributed by atoms with Crippen LogP contribution in [0.3, 0.4) is 0 Å². The van der Waals surface area contributed by atoms with E-state index in [2.05, 4.69) is 17.3 Å². The molecule has 17 nitrogen and oxygen atoms in total. The molecule has 0 saturated carbocycles. The number of nitro benzene ring substituents is 2. The zero-order valence-electron chi connectivity index (χ0n) is 28.6. The second-order valence-electron chi connectivity index (χ2n) is 12.0. The van der Waals surface area contributed by atoms with Crippen LogP contribution in [0, 0.1) is 25.4 Å². The lowest BCUT2D eigenvalue weighted by Gasteiger charge is -2.21. The number of nitrogens with zero attached hydrogens (tertiary/aromatic N) is 7. The molecule has 3 aromatic rings. The lowest BCUT2D eigenvalue weighted by Crippen LogP contribution is -2.35. The molecule has 0 bridgehead atoms. The van der Waals surface area contributed by atoms with Crippen molar-refractivity contribution in [2.45, 2.75) is 64.8 Å². The minimum absolute atomic E-state index is 0.137. The minimum Gasteiger partial charge on any atom is -0.569 e. The molecule has 0 aliphatic carbocycles. The molecule has 1 unspecified atom stereocenters. The average molecular weight is 706 g/mol. The summed E-state index contributed by atoms with van der Waals surface area (Å²) in [5.74, 6) is 0.0828. The molecule has 51 heavy (non-hydrogen) atoms. The number of hydrazine groups is 1. The van der Waals surface area contributed by atoms with Crippen LogP contribution in [-0.4, -0.2) is 63.3 Å². The summed E-state index contributed by atoms with van der Waals surface area (Å²) in [6.07, 6.45) is 5.90. The number of rotatable bonds is 15. The molecular formula is C34H39N7O10. The summed E-state index contributed by atoms with van der Waals surface area (Å²) < 4.78 is 17.4. The molecule has 0 radical (unpaired) electrons. The maximum Gasteiger partial charge on any atom is 0.321 e. The molecule has 1 atom stereocenters. The van der Waals surface area contributed by atoms with Gasteiger partial charge in [-0.25, -0.2) is 5.01 Å². The molecule has 0 spiro atoms. The van der Waals surface area contributed by atoms with Gasteiger partial charge >= 0.3 is 11.4 Å². The molecule has 1 fully saturated rings. The van der Waals surface area contributed by atoms with E-state index in [1.165, 1.54) is 23.0 Å². The fraction of sp³-hybridized carbons (Fsp3) is 0.412. The van der Waals surface area contributed by atoms with E-state index in [1.807, 2.05) is 18.2 Å². The van der Waals surface area contributed by atoms with E-state index in [0.717, 1.165) is 50.2 Å². The van der Waals surface area contributed by atoms with Gasteiger partial charge in [0.1, 0.15) is 11.8 Å². The van der Waals surface area contributed by atoms with Gasteiger partial charge in [0.2, 0.25) is 22.7 Å². The van der Waals surface area contributed by atoms with E-state index in [0.29, 0.717) is 55.0 Å². The van der Waals surface area contributed by atoms with Gasteiger partial charge < -0.3 is 19.4 Å². The molecular weight excluding hydrogens is 666 g/mol. The summed E-state index contributed by atoms with van der Waals surface area (Å²) in [7, 11) is 1.55. The first-order valence-corrected chi connectivity index (χ1v) is 16.6. The first-order chi connectivity index (χ1) is 24.6. The Morgan fingerprint density at radius 1 is 0.922 bits per heavy atom. The Morgan fingerprint density at radius 2 is 1.67 bits per heavy atom.